The van der Waals surface area contributed by atoms with E-state index in [0.717, 1.165) is 30.1 Å². The Morgan fingerprint density at radius 1 is 1.00 bits per heavy atom. The van der Waals surface area contributed by atoms with Crippen molar-refractivity contribution in [3.63, 3.8) is 0 Å². The molecule has 148 valence electrons. The lowest BCUT2D eigenvalue weighted by molar-refractivity contribution is 0.0983. The minimum absolute atomic E-state index is 0.0429. The number of carbonyl (C=O) groups is 2. The highest BCUT2D eigenvalue weighted by molar-refractivity contribution is 5.96. The minimum atomic E-state index is -0.114. The van der Waals surface area contributed by atoms with Crippen LogP contribution in [0.3, 0.4) is 0 Å². The van der Waals surface area contributed by atoms with Crippen LogP contribution in [0.15, 0.2) is 48.5 Å². The monoisotopic (exact) mass is 381 g/mol. The topological polar surface area (TPSA) is 61.9 Å². The quantitative estimate of drug-likeness (QED) is 0.781. The Balaban J connectivity index is 1.44. The van der Waals surface area contributed by atoms with E-state index in [1.54, 1.807) is 12.0 Å². The first-order valence-corrected chi connectivity index (χ1v) is 9.59. The number of aryl methyl sites for hydroxylation is 1. The fourth-order valence-corrected chi connectivity index (χ4v) is 3.32. The predicted molar refractivity (Wildman–Crippen MR) is 110 cm³/mol. The number of nitrogens with one attached hydrogen (secondary N) is 1. The fourth-order valence-electron chi connectivity index (χ4n) is 3.32. The Kier molecular flexibility index (Phi) is 6.53. The maximum atomic E-state index is 12.4. The molecule has 2 amide bonds. The van der Waals surface area contributed by atoms with Crippen LogP contribution in [0, 0.1) is 6.92 Å². The summed E-state index contributed by atoms with van der Waals surface area (Å²) in [4.78, 5) is 28.6. The number of ketones is 1. The third kappa shape index (κ3) is 4.82. The van der Waals surface area contributed by atoms with Crippen molar-refractivity contribution in [2.24, 2.45) is 0 Å². The van der Waals surface area contributed by atoms with Gasteiger partial charge in [0.2, 0.25) is 0 Å². The molecule has 0 unspecified atom stereocenters. The maximum absolute atomic E-state index is 12.4. The number of Topliss-reactive ketones (excluding diaryl/α,β-unsaturated/α-hetero) is 1. The van der Waals surface area contributed by atoms with E-state index in [2.05, 4.69) is 10.2 Å². The van der Waals surface area contributed by atoms with E-state index in [0.29, 0.717) is 31.6 Å². The number of anilines is 1. The summed E-state index contributed by atoms with van der Waals surface area (Å²) in [6, 6.07) is 15.3. The molecule has 0 atom stereocenters. The van der Waals surface area contributed by atoms with Crippen molar-refractivity contribution in [3.8, 4) is 5.75 Å². The molecule has 2 aromatic rings. The van der Waals surface area contributed by atoms with Crippen LogP contribution in [0.2, 0.25) is 0 Å². The largest absolute Gasteiger partial charge is 0.495 e. The van der Waals surface area contributed by atoms with Crippen LogP contribution < -0.4 is 15.0 Å². The lowest BCUT2D eigenvalue weighted by Crippen LogP contribution is -2.52. The van der Waals surface area contributed by atoms with Crippen LogP contribution in [0.4, 0.5) is 10.5 Å². The molecule has 0 spiro atoms. The molecular formula is C22H27N3O3. The maximum Gasteiger partial charge on any atom is 0.317 e. The molecule has 0 bridgehead atoms. The van der Waals surface area contributed by atoms with Crippen molar-refractivity contribution >= 4 is 17.5 Å². The molecule has 3 rings (SSSR count). The van der Waals surface area contributed by atoms with E-state index in [1.165, 1.54) is 0 Å². The van der Waals surface area contributed by atoms with Gasteiger partial charge in [-0.3, -0.25) is 4.79 Å². The molecule has 1 aliphatic heterocycles. The molecule has 1 N–H and O–H groups in total. The van der Waals surface area contributed by atoms with Gasteiger partial charge in [0, 0.05) is 44.7 Å². The normalized spacial score (nSPS) is 13.9. The van der Waals surface area contributed by atoms with Crippen LogP contribution >= 0.6 is 0 Å². The summed E-state index contributed by atoms with van der Waals surface area (Å²) in [7, 11) is 1.67. The highest BCUT2D eigenvalue weighted by Gasteiger charge is 2.22. The van der Waals surface area contributed by atoms with Crippen LogP contribution in [-0.2, 0) is 0 Å². The molecule has 6 nitrogen and oxygen atoms in total. The molecular weight excluding hydrogens is 354 g/mol. The summed E-state index contributed by atoms with van der Waals surface area (Å²) in [6.07, 6.45) is 0.302. The zero-order chi connectivity index (χ0) is 19.9. The molecule has 1 saturated heterocycles. The predicted octanol–water partition coefficient (Wildman–Crippen LogP) is 3.11. The fraction of sp³-hybridized carbons (Fsp3) is 0.364. The van der Waals surface area contributed by atoms with Crippen LogP contribution in [0.1, 0.15) is 22.3 Å². The molecule has 1 fully saturated rings. The van der Waals surface area contributed by atoms with E-state index in [1.807, 2.05) is 55.5 Å². The molecule has 28 heavy (non-hydrogen) atoms. The Morgan fingerprint density at radius 2 is 1.68 bits per heavy atom. The number of methoxy groups -OCH3 is 1. The first-order valence-electron chi connectivity index (χ1n) is 9.59. The molecule has 1 aliphatic rings. The van der Waals surface area contributed by atoms with Gasteiger partial charge < -0.3 is 19.9 Å². The Bertz CT molecular complexity index is 812. The first-order chi connectivity index (χ1) is 13.6. The average Bonchev–Trinajstić information content (AvgIpc) is 2.74. The molecule has 0 aliphatic carbocycles. The van der Waals surface area contributed by atoms with Gasteiger partial charge in [-0.2, -0.15) is 0 Å². The zero-order valence-corrected chi connectivity index (χ0v) is 16.5. The van der Waals surface area contributed by atoms with Crippen molar-refractivity contribution in [2.75, 3.05) is 44.7 Å². The summed E-state index contributed by atoms with van der Waals surface area (Å²) >= 11 is 0. The summed E-state index contributed by atoms with van der Waals surface area (Å²) in [5.74, 6) is 0.885. The van der Waals surface area contributed by atoms with Gasteiger partial charge in [0.05, 0.1) is 12.8 Å². The number of carbonyl (C=O) groups excluding carboxylic acids is 2. The zero-order valence-electron chi connectivity index (χ0n) is 16.5. The van der Waals surface area contributed by atoms with Crippen LogP contribution in [0.25, 0.3) is 0 Å². The van der Waals surface area contributed by atoms with Crippen molar-refractivity contribution in [1.29, 1.82) is 0 Å². The number of hydrogen-bond donors (Lipinski definition) is 1. The molecule has 0 radical (unpaired) electrons. The summed E-state index contributed by atoms with van der Waals surface area (Å²) < 4.78 is 5.42. The number of amides is 2. The Labute approximate surface area is 166 Å². The SMILES string of the molecule is COc1ccccc1N1CCN(C(=O)NCCC(=O)c2ccc(C)cc2)CC1. The van der Waals surface area contributed by atoms with Gasteiger partial charge in [0.1, 0.15) is 5.75 Å². The number of benzene rings is 2. The average molecular weight is 381 g/mol. The van der Waals surface area contributed by atoms with Crippen molar-refractivity contribution in [3.05, 3.63) is 59.7 Å². The Morgan fingerprint density at radius 3 is 2.36 bits per heavy atom. The second kappa shape index (κ2) is 9.26. The van der Waals surface area contributed by atoms with Gasteiger partial charge in [-0.25, -0.2) is 4.79 Å². The summed E-state index contributed by atoms with van der Waals surface area (Å²) in [5.41, 5.74) is 2.86. The van der Waals surface area contributed by atoms with Gasteiger partial charge >= 0.3 is 6.03 Å². The minimum Gasteiger partial charge on any atom is -0.495 e. The van der Waals surface area contributed by atoms with E-state index >= 15 is 0 Å². The molecule has 0 saturated carbocycles. The van der Waals surface area contributed by atoms with Gasteiger partial charge in [-0.1, -0.05) is 42.0 Å². The Hall–Kier alpha value is -3.02. The summed E-state index contributed by atoms with van der Waals surface area (Å²) in [6.45, 7) is 5.10. The van der Waals surface area contributed by atoms with Gasteiger partial charge in [-0.05, 0) is 19.1 Å². The lowest BCUT2D eigenvalue weighted by atomic mass is 10.1. The highest BCUT2D eigenvalue weighted by atomic mass is 16.5. The molecule has 6 heteroatoms. The molecule has 0 aromatic heterocycles. The van der Waals surface area contributed by atoms with E-state index in [-0.39, 0.29) is 11.8 Å². The summed E-state index contributed by atoms with van der Waals surface area (Å²) in [5, 5.41) is 2.86. The second-order valence-corrected chi connectivity index (χ2v) is 6.92. The standard InChI is InChI=1S/C22H27N3O3/c1-17-7-9-18(10-8-17)20(26)11-12-23-22(27)25-15-13-24(14-16-25)19-5-3-4-6-21(19)28-2/h3-10H,11-16H2,1-2H3,(H,23,27). The number of para-hydroxylation sites is 2. The molecule has 2 aromatic carbocycles. The number of piperazine rings is 1. The van der Waals surface area contributed by atoms with E-state index < -0.39 is 0 Å². The van der Waals surface area contributed by atoms with Crippen LogP contribution in [-0.4, -0.2) is 56.5 Å². The first kappa shape index (κ1) is 19.7. The van der Waals surface area contributed by atoms with Gasteiger partial charge in [0.25, 0.3) is 0 Å². The van der Waals surface area contributed by atoms with Crippen molar-refractivity contribution in [2.45, 2.75) is 13.3 Å². The van der Waals surface area contributed by atoms with Gasteiger partial charge in [-0.15, -0.1) is 0 Å². The van der Waals surface area contributed by atoms with Crippen molar-refractivity contribution in [1.82, 2.24) is 10.2 Å². The van der Waals surface area contributed by atoms with Gasteiger partial charge in [0.15, 0.2) is 5.78 Å². The number of rotatable bonds is 6. The van der Waals surface area contributed by atoms with E-state index in [4.69, 9.17) is 4.74 Å². The molecule has 1 heterocycles. The smallest absolute Gasteiger partial charge is 0.317 e. The van der Waals surface area contributed by atoms with Crippen molar-refractivity contribution < 1.29 is 14.3 Å². The third-order valence-corrected chi connectivity index (χ3v) is 4.99. The second-order valence-electron chi connectivity index (χ2n) is 6.92. The number of nitrogens with zero attached hydrogens (tertiary/aromatic N) is 2. The highest BCUT2D eigenvalue weighted by Crippen LogP contribution is 2.28. The number of hydrogen-bond acceptors (Lipinski definition) is 4. The van der Waals surface area contributed by atoms with E-state index in [9.17, 15) is 9.59 Å². The third-order valence-electron chi connectivity index (χ3n) is 4.99. The van der Waals surface area contributed by atoms with Crippen LogP contribution in [0.5, 0.6) is 5.75 Å². The lowest BCUT2D eigenvalue weighted by Gasteiger charge is -2.36. The number of ether oxygens (including phenoxy) is 1. The number of urea groups is 1.